The minimum atomic E-state index is -0.603. The molecule has 38 heavy (non-hydrogen) atoms. The van der Waals surface area contributed by atoms with Crippen LogP contribution in [0.3, 0.4) is 0 Å². The van der Waals surface area contributed by atoms with E-state index in [1.165, 1.54) is 22.7 Å². The molecule has 2 N–H and O–H groups in total. The number of nitrogens with zero attached hydrogens (tertiary/aromatic N) is 2. The van der Waals surface area contributed by atoms with Crippen molar-refractivity contribution in [2.75, 3.05) is 24.9 Å². The van der Waals surface area contributed by atoms with E-state index in [-0.39, 0.29) is 18.2 Å². The van der Waals surface area contributed by atoms with E-state index in [2.05, 4.69) is 20.6 Å². The van der Waals surface area contributed by atoms with Crippen molar-refractivity contribution < 1.29 is 19.1 Å². The number of fused-ring (bicyclic) bond motifs is 2. The highest BCUT2D eigenvalue weighted by Crippen LogP contribution is 2.31. The maximum absolute atomic E-state index is 13.4. The lowest BCUT2D eigenvalue weighted by atomic mass is 9.94. The van der Waals surface area contributed by atoms with Crippen LogP contribution in [0.1, 0.15) is 17.5 Å². The summed E-state index contributed by atoms with van der Waals surface area (Å²) in [5.41, 5.74) is 3.65. The van der Waals surface area contributed by atoms with Gasteiger partial charge in [0.2, 0.25) is 11.8 Å². The Labute approximate surface area is 227 Å². The van der Waals surface area contributed by atoms with Crippen LogP contribution in [0.4, 0.5) is 10.3 Å². The second-order valence-corrected chi connectivity index (χ2v) is 10.9. The molecule has 10 heteroatoms. The molecular formula is C28H26N4O4S2. The molecule has 0 aliphatic heterocycles. The van der Waals surface area contributed by atoms with Crippen molar-refractivity contribution in [2.24, 2.45) is 5.92 Å². The summed E-state index contributed by atoms with van der Waals surface area (Å²) < 4.78 is 12.4. The van der Waals surface area contributed by atoms with E-state index in [1.807, 2.05) is 67.6 Å². The molecule has 5 aromatic rings. The Balaban J connectivity index is 1.33. The van der Waals surface area contributed by atoms with Gasteiger partial charge in [-0.25, -0.2) is 9.97 Å². The number of benzene rings is 3. The van der Waals surface area contributed by atoms with Gasteiger partial charge in [-0.05, 0) is 55.3 Å². The molecule has 194 valence electrons. The summed E-state index contributed by atoms with van der Waals surface area (Å²) in [7, 11) is 3.21. The number of amides is 2. The molecule has 0 radical (unpaired) electrons. The molecule has 1 atom stereocenters. The van der Waals surface area contributed by atoms with Gasteiger partial charge in [0.15, 0.2) is 10.3 Å². The van der Waals surface area contributed by atoms with Crippen LogP contribution in [-0.2, 0) is 16.0 Å². The first kappa shape index (κ1) is 25.6. The van der Waals surface area contributed by atoms with Crippen LogP contribution in [-0.4, -0.2) is 36.0 Å². The fraction of sp³-hybridized carbons (Fsp3) is 0.214. The maximum atomic E-state index is 13.4. The minimum Gasteiger partial charge on any atom is -0.497 e. The summed E-state index contributed by atoms with van der Waals surface area (Å²) in [5.74, 6) is 0.301. The first-order valence-electron chi connectivity index (χ1n) is 12.0. The van der Waals surface area contributed by atoms with Crippen LogP contribution in [0.5, 0.6) is 11.5 Å². The number of carbonyl (C=O) groups excluding carboxylic acids is 2. The van der Waals surface area contributed by atoms with Crippen LogP contribution in [0.15, 0.2) is 60.7 Å². The van der Waals surface area contributed by atoms with Gasteiger partial charge in [-0.15, -0.1) is 0 Å². The topological polar surface area (TPSA) is 102 Å². The summed E-state index contributed by atoms with van der Waals surface area (Å²) >= 11 is 2.73. The van der Waals surface area contributed by atoms with E-state index >= 15 is 0 Å². The first-order valence-corrected chi connectivity index (χ1v) is 13.6. The van der Waals surface area contributed by atoms with Gasteiger partial charge in [-0.1, -0.05) is 52.5 Å². The molecule has 0 aliphatic carbocycles. The number of anilines is 2. The number of hydrogen-bond acceptors (Lipinski definition) is 8. The van der Waals surface area contributed by atoms with Gasteiger partial charge >= 0.3 is 0 Å². The maximum Gasteiger partial charge on any atom is 0.230 e. The Bertz CT molecular complexity index is 1610. The molecule has 0 fully saturated rings. The molecule has 0 aliphatic rings. The molecule has 2 aromatic heterocycles. The average Bonchev–Trinajstić information content (AvgIpc) is 3.50. The Hall–Kier alpha value is -4.02. The highest BCUT2D eigenvalue weighted by Gasteiger charge is 2.24. The quantitative estimate of drug-likeness (QED) is 0.233. The minimum absolute atomic E-state index is 0.00231. The lowest BCUT2D eigenvalue weighted by molar-refractivity contribution is -0.124. The number of aryl methyl sites for hydroxylation is 1. The van der Waals surface area contributed by atoms with E-state index in [0.29, 0.717) is 16.7 Å². The van der Waals surface area contributed by atoms with Gasteiger partial charge in [-0.3, -0.25) is 9.59 Å². The number of carbonyl (C=O) groups is 2. The first-order chi connectivity index (χ1) is 18.4. The number of methoxy groups -OCH3 is 2. The van der Waals surface area contributed by atoms with Crippen LogP contribution >= 0.6 is 22.7 Å². The SMILES string of the molecule is COc1ccc2nc(NC(=O)CC(Cc3ccc(C)cc3)C(=O)Nc3nc4ccc(OC)cc4s3)sc2c1. The third-order valence-electron chi connectivity index (χ3n) is 6.07. The lowest BCUT2D eigenvalue weighted by Crippen LogP contribution is -2.29. The highest BCUT2D eigenvalue weighted by atomic mass is 32.1. The lowest BCUT2D eigenvalue weighted by Gasteiger charge is -2.16. The van der Waals surface area contributed by atoms with Gasteiger partial charge in [0, 0.05) is 6.42 Å². The molecule has 2 amide bonds. The fourth-order valence-electron chi connectivity index (χ4n) is 4.04. The highest BCUT2D eigenvalue weighted by molar-refractivity contribution is 7.22. The molecule has 0 bridgehead atoms. The number of thiazole rings is 2. The zero-order valence-electron chi connectivity index (χ0n) is 21.1. The average molecular weight is 547 g/mol. The Morgan fingerprint density at radius 3 is 1.92 bits per heavy atom. The van der Waals surface area contributed by atoms with Gasteiger partial charge in [0.1, 0.15) is 11.5 Å². The van der Waals surface area contributed by atoms with Crippen molar-refractivity contribution in [1.82, 2.24) is 9.97 Å². The van der Waals surface area contributed by atoms with Gasteiger partial charge < -0.3 is 20.1 Å². The molecule has 8 nitrogen and oxygen atoms in total. The number of rotatable bonds is 9. The molecule has 0 spiro atoms. The van der Waals surface area contributed by atoms with Gasteiger partial charge in [0.05, 0.1) is 40.6 Å². The summed E-state index contributed by atoms with van der Waals surface area (Å²) in [4.78, 5) is 35.5. The van der Waals surface area contributed by atoms with Crippen molar-refractivity contribution in [3.05, 3.63) is 71.8 Å². The number of ether oxygens (including phenoxy) is 2. The summed E-state index contributed by atoms with van der Waals surface area (Å²) in [5, 5.41) is 6.75. The normalized spacial score (nSPS) is 11.9. The zero-order valence-corrected chi connectivity index (χ0v) is 22.7. The molecule has 0 saturated heterocycles. The smallest absolute Gasteiger partial charge is 0.230 e. The number of nitrogens with one attached hydrogen (secondary N) is 2. The number of hydrogen-bond donors (Lipinski definition) is 2. The van der Waals surface area contributed by atoms with Gasteiger partial charge in [0.25, 0.3) is 0 Å². The van der Waals surface area contributed by atoms with Crippen LogP contribution in [0.25, 0.3) is 20.4 Å². The molecule has 2 heterocycles. The van der Waals surface area contributed by atoms with E-state index < -0.39 is 5.92 Å². The molecule has 0 saturated carbocycles. The van der Waals surface area contributed by atoms with Crippen LogP contribution in [0, 0.1) is 12.8 Å². The fourth-order valence-corrected chi connectivity index (χ4v) is 5.85. The molecule has 1 unspecified atom stereocenters. The van der Waals surface area contributed by atoms with Crippen LogP contribution < -0.4 is 20.1 Å². The second-order valence-electron chi connectivity index (χ2n) is 8.83. The van der Waals surface area contributed by atoms with Crippen molar-refractivity contribution in [1.29, 1.82) is 0 Å². The summed E-state index contributed by atoms with van der Waals surface area (Å²) in [6.07, 6.45) is 0.410. The van der Waals surface area contributed by atoms with Gasteiger partial charge in [-0.2, -0.15) is 0 Å². The van der Waals surface area contributed by atoms with Crippen molar-refractivity contribution in [2.45, 2.75) is 19.8 Å². The summed E-state index contributed by atoms with van der Waals surface area (Å²) in [6, 6.07) is 19.1. The van der Waals surface area contributed by atoms with Crippen molar-refractivity contribution >= 4 is 65.2 Å². The Morgan fingerprint density at radius 1 is 0.816 bits per heavy atom. The zero-order chi connectivity index (χ0) is 26.6. The van der Waals surface area contributed by atoms with E-state index in [9.17, 15) is 9.59 Å². The van der Waals surface area contributed by atoms with E-state index in [4.69, 9.17) is 9.47 Å². The molecule has 3 aromatic carbocycles. The third-order valence-corrected chi connectivity index (χ3v) is 7.94. The molecule has 5 rings (SSSR count). The van der Waals surface area contributed by atoms with Crippen LogP contribution in [0.2, 0.25) is 0 Å². The summed E-state index contributed by atoms with van der Waals surface area (Å²) in [6.45, 7) is 2.01. The second kappa shape index (κ2) is 11.2. The standard InChI is InChI=1S/C28H26N4O4S2/c1-16-4-6-17(7-5-16)12-18(26(34)32-28-30-22-11-9-20(36-3)15-24(22)38-28)13-25(33)31-27-29-21-10-8-19(35-2)14-23(21)37-27/h4-11,14-15,18H,12-13H2,1-3H3,(H,29,31,33)(H,30,32,34). The third kappa shape index (κ3) is 5.92. The van der Waals surface area contributed by atoms with E-state index in [1.54, 1.807) is 14.2 Å². The predicted molar refractivity (Wildman–Crippen MR) is 153 cm³/mol. The van der Waals surface area contributed by atoms with Crippen molar-refractivity contribution in [3.63, 3.8) is 0 Å². The number of aromatic nitrogens is 2. The predicted octanol–water partition coefficient (Wildman–Crippen LogP) is 6.06. The molecular weight excluding hydrogens is 520 g/mol. The Kier molecular flexibility index (Phi) is 7.52. The monoisotopic (exact) mass is 546 g/mol. The largest absolute Gasteiger partial charge is 0.497 e. The Morgan fingerprint density at radius 2 is 1.37 bits per heavy atom. The van der Waals surface area contributed by atoms with Crippen molar-refractivity contribution in [3.8, 4) is 11.5 Å². The van der Waals surface area contributed by atoms with E-state index in [0.717, 1.165) is 43.1 Å².